The lowest BCUT2D eigenvalue weighted by atomic mass is 10.0. The van der Waals surface area contributed by atoms with E-state index in [9.17, 15) is 4.79 Å². The molecular weight excluding hydrogens is 527 g/mol. The van der Waals surface area contributed by atoms with Crippen LogP contribution in [0, 0.1) is 11.8 Å². The molecule has 1 aliphatic carbocycles. The molecule has 0 spiro atoms. The van der Waals surface area contributed by atoms with Crippen LogP contribution in [0.25, 0.3) is 0 Å². The van der Waals surface area contributed by atoms with E-state index < -0.39 is 0 Å². The van der Waals surface area contributed by atoms with Gasteiger partial charge in [-0.2, -0.15) is 5.10 Å². The maximum absolute atomic E-state index is 13.4. The average Bonchev–Trinajstić information content (AvgIpc) is 3.28. The van der Waals surface area contributed by atoms with E-state index in [0.717, 1.165) is 13.1 Å². The highest BCUT2D eigenvalue weighted by molar-refractivity contribution is 6.38. The molecule has 1 aromatic carbocycles. The summed E-state index contributed by atoms with van der Waals surface area (Å²) in [6, 6.07) is 5.33. The minimum Gasteiger partial charge on any atom is -0.491 e. The van der Waals surface area contributed by atoms with Crippen LogP contribution in [0.1, 0.15) is 5.56 Å². The zero-order chi connectivity index (χ0) is 27.1. The zero-order valence-corrected chi connectivity index (χ0v) is 23.0. The fourth-order valence-electron chi connectivity index (χ4n) is 5.64. The molecule has 4 N–H and O–H groups in total. The Labute approximate surface area is 232 Å². The third kappa shape index (κ3) is 5.21. The average molecular weight is 560 g/mol. The summed E-state index contributed by atoms with van der Waals surface area (Å²) in [5, 5.41) is 4.93. The number of nitrogens with zero attached hydrogens (tertiary/aromatic N) is 6. The van der Waals surface area contributed by atoms with Gasteiger partial charge in [-0.15, -0.1) is 0 Å². The molecule has 3 heterocycles. The third-order valence-electron chi connectivity index (χ3n) is 7.38. The van der Waals surface area contributed by atoms with Gasteiger partial charge in [0.15, 0.2) is 0 Å². The summed E-state index contributed by atoms with van der Waals surface area (Å²) in [5.74, 6) is 1.57. The van der Waals surface area contributed by atoms with Gasteiger partial charge >= 0.3 is 6.03 Å². The van der Waals surface area contributed by atoms with E-state index in [1.165, 1.54) is 0 Å². The summed E-state index contributed by atoms with van der Waals surface area (Å²) in [7, 11) is 3.99. The molecule has 2 fully saturated rings. The number of carbonyl (C=O) groups excluding carboxylic acids is 1. The van der Waals surface area contributed by atoms with E-state index in [1.54, 1.807) is 27.9 Å². The molecule has 1 aromatic heterocycles. The number of halogens is 2. The van der Waals surface area contributed by atoms with E-state index in [-0.39, 0.29) is 31.0 Å². The minimum atomic E-state index is -0.0613. The number of hydrogen-bond acceptors (Lipinski definition) is 7. The van der Waals surface area contributed by atoms with Crippen LogP contribution in [0.3, 0.4) is 0 Å². The number of hydrogen-bond donors (Lipinski definition) is 2. The lowest BCUT2D eigenvalue weighted by Gasteiger charge is -2.27. The molecule has 1 unspecified atom stereocenters. The van der Waals surface area contributed by atoms with Crippen LogP contribution >= 0.6 is 23.2 Å². The van der Waals surface area contributed by atoms with E-state index in [1.807, 2.05) is 24.2 Å². The van der Waals surface area contributed by atoms with Crippen molar-refractivity contribution in [2.24, 2.45) is 28.3 Å². The highest BCUT2D eigenvalue weighted by Crippen LogP contribution is 2.48. The quantitative estimate of drug-likeness (QED) is 0.481. The van der Waals surface area contributed by atoms with Crippen molar-refractivity contribution in [2.75, 3.05) is 46.9 Å². The normalized spacial score (nSPS) is 23.1. The second kappa shape index (κ2) is 10.5. The molecule has 202 valence electrons. The fraction of sp³-hybridized carbons (Fsp3) is 0.423. The third-order valence-corrected chi connectivity index (χ3v) is 7.90. The van der Waals surface area contributed by atoms with Gasteiger partial charge in [-0.3, -0.25) is 4.68 Å². The number of urea groups is 1. The first-order chi connectivity index (χ1) is 18.1. The van der Waals surface area contributed by atoms with Gasteiger partial charge < -0.3 is 30.9 Å². The molecular formula is C26H32Cl2N8O2. The number of aromatic nitrogens is 2. The molecule has 2 amide bonds. The molecule has 38 heavy (non-hydrogen) atoms. The molecule has 0 radical (unpaired) electrons. The number of piperidine rings is 1. The van der Waals surface area contributed by atoms with Crippen molar-refractivity contribution in [3.63, 3.8) is 0 Å². The lowest BCUT2D eigenvalue weighted by molar-refractivity contribution is 0.162. The number of nitrogens with two attached hydrogens (primary N) is 2. The Morgan fingerprint density at radius 3 is 2.68 bits per heavy atom. The molecule has 3 atom stereocenters. The first-order valence-electron chi connectivity index (χ1n) is 12.4. The van der Waals surface area contributed by atoms with Crippen LogP contribution in [0.2, 0.25) is 10.0 Å². The van der Waals surface area contributed by atoms with Gasteiger partial charge in [-0.05, 0) is 37.1 Å². The molecule has 0 bridgehead atoms. The Balaban J connectivity index is 1.38. The number of ether oxygens (including phenoxy) is 1. The number of carbonyl (C=O) groups is 1. The summed E-state index contributed by atoms with van der Waals surface area (Å²) >= 11 is 13.0. The Hall–Kier alpha value is -3.21. The summed E-state index contributed by atoms with van der Waals surface area (Å²) in [6.45, 7) is 7.16. The monoisotopic (exact) mass is 558 g/mol. The second-order valence-electron chi connectivity index (χ2n) is 10.1. The molecule has 1 saturated heterocycles. The van der Waals surface area contributed by atoms with Gasteiger partial charge in [0.2, 0.25) is 0 Å². The van der Waals surface area contributed by atoms with Crippen molar-refractivity contribution in [3.05, 3.63) is 69.9 Å². The van der Waals surface area contributed by atoms with Crippen LogP contribution in [-0.4, -0.2) is 89.1 Å². The number of fused-ring (bicyclic) bond motifs is 1. The molecule has 3 aliphatic rings. The molecule has 12 heteroatoms. The topological polar surface area (TPSA) is 118 Å². The van der Waals surface area contributed by atoms with Gasteiger partial charge in [0.05, 0.1) is 35.9 Å². The molecule has 1 saturated carbocycles. The van der Waals surface area contributed by atoms with Crippen LogP contribution in [0.15, 0.2) is 59.3 Å². The standard InChI is InChI=1S/C26H32Cl2N8O2/c1-15(29)32-24(23-20(28)9-16(27)10-22(23)38-8-7-36-6-4-5-31-36)19-13-35(14-21(19)30)26(37)34(3)25-17-11-33(2)12-18(17)25/h4-6,9-10,17-18,25H,1,7-8,11-14,29-30H2,2-3H3/b32-24+/t17-,18+,25?. The van der Waals surface area contributed by atoms with E-state index in [0.29, 0.717) is 63.3 Å². The van der Waals surface area contributed by atoms with Crippen LogP contribution in [0.5, 0.6) is 5.75 Å². The molecule has 10 nitrogen and oxygen atoms in total. The van der Waals surface area contributed by atoms with Gasteiger partial charge in [-0.1, -0.05) is 29.8 Å². The SMILES string of the molecule is C=C(N)/N=C(\C1=C(N)CN(C(=O)N(C)C2[C@H]3CN(C)C[C@@H]23)C1)c1c(Cl)cc(Cl)cc1OCCn1cccn1. The Morgan fingerprint density at radius 2 is 2.03 bits per heavy atom. The summed E-state index contributed by atoms with van der Waals surface area (Å²) < 4.78 is 7.85. The molecule has 5 rings (SSSR count). The summed E-state index contributed by atoms with van der Waals surface area (Å²) in [6.07, 6.45) is 3.55. The second-order valence-corrected chi connectivity index (χ2v) is 11.0. The first kappa shape index (κ1) is 26.4. The zero-order valence-electron chi connectivity index (χ0n) is 21.5. The van der Waals surface area contributed by atoms with Crippen molar-refractivity contribution in [1.82, 2.24) is 24.5 Å². The van der Waals surface area contributed by atoms with Gasteiger partial charge in [0.1, 0.15) is 18.2 Å². The molecule has 2 aliphatic heterocycles. The van der Waals surface area contributed by atoms with Crippen molar-refractivity contribution in [1.29, 1.82) is 0 Å². The van der Waals surface area contributed by atoms with Crippen molar-refractivity contribution in [2.45, 2.75) is 12.6 Å². The smallest absolute Gasteiger partial charge is 0.320 e. The fourth-order valence-corrected chi connectivity index (χ4v) is 6.20. The van der Waals surface area contributed by atoms with Gasteiger partial charge in [-0.25, -0.2) is 9.79 Å². The maximum atomic E-state index is 13.4. The van der Waals surface area contributed by atoms with Crippen molar-refractivity contribution in [3.8, 4) is 5.75 Å². The predicted octanol–water partition coefficient (Wildman–Crippen LogP) is 2.63. The first-order valence-corrected chi connectivity index (χ1v) is 13.2. The minimum absolute atomic E-state index is 0.0613. The van der Waals surface area contributed by atoms with Crippen LogP contribution in [-0.2, 0) is 6.54 Å². The van der Waals surface area contributed by atoms with Gasteiger partial charge in [0.25, 0.3) is 0 Å². The highest BCUT2D eigenvalue weighted by Gasteiger charge is 2.58. The number of rotatable bonds is 8. The van der Waals surface area contributed by atoms with E-state index in [4.69, 9.17) is 39.4 Å². The van der Waals surface area contributed by atoms with Crippen molar-refractivity contribution >= 4 is 34.9 Å². The van der Waals surface area contributed by atoms with E-state index in [2.05, 4.69) is 28.6 Å². The number of aliphatic imine (C=N–C) groups is 1. The van der Waals surface area contributed by atoms with Crippen LogP contribution < -0.4 is 16.2 Å². The van der Waals surface area contributed by atoms with Crippen LogP contribution in [0.4, 0.5) is 4.79 Å². The van der Waals surface area contributed by atoms with E-state index >= 15 is 0 Å². The number of likely N-dealkylation sites (tertiary alicyclic amines) is 1. The maximum Gasteiger partial charge on any atom is 0.320 e. The largest absolute Gasteiger partial charge is 0.491 e. The Morgan fingerprint density at radius 1 is 1.29 bits per heavy atom. The predicted molar refractivity (Wildman–Crippen MR) is 148 cm³/mol. The lowest BCUT2D eigenvalue weighted by Crippen LogP contribution is -2.44. The highest BCUT2D eigenvalue weighted by atomic mass is 35.5. The van der Waals surface area contributed by atoms with Crippen molar-refractivity contribution < 1.29 is 9.53 Å². The van der Waals surface area contributed by atoms with Gasteiger partial charge in [0, 0.05) is 54.9 Å². The number of amides is 2. The summed E-state index contributed by atoms with van der Waals surface area (Å²) in [5.41, 5.74) is 14.5. The Kier molecular flexibility index (Phi) is 7.30. The molecule has 2 aromatic rings. The summed E-state index contributed by atoms with van der Waals surface area (Å²) in [4.78, 5) is 23.8. The number of benzene rings is 1. The Bertz CT molecular complexity index is 1300.